The average Bonchev–Trinajstić information content (AvgIpc) is 2.88. The predicted octanol–water partition coefficient (Wildman–Crippen LogP) is 4.86. The zero-order chi connectivity index (χ0) is 13.9. The van der Waals surface area contributed by atoms with Crippen LogP contribution in [-0.4, -0.2) is 6.54 Å². The molecule has 0 atom stereocenters. The minimum atomic E-state index is 0.728. The van der Waals surface area contributed by atoms with Crippen LogP contribution < -0.4 is 5.32 Å². The number of halogens is 1. The van der Waals surface area contributed by atoms with Crippen molar-refractivity contribution in [1.29, 1.82) is 0 Å². The minimum Gasteiger partial charge on any atom is -0.456 e. The van der Waals surface area contributed by atoms with Crippen LogP contribution in [0.5, 0.6) is 0 Å². The van der Waals surface area contributed by atoms with Gasteiger partial charge in [0.05, 0.1) is 0 Å². The Labute approximate surface area is 123 Å². The van der Waals surface area contributed by atoms with Gasteiger partial charge in [0, 0.05) is 22.5 Å². The van der Waals surface area contributed by atoms with E-state index in [1.807, 2.05) is 24.3 Å². The third-order valence-corrected chi connectivity index (χ3v) is 3.53. The van der Waals surface area contributed by atoms with Crippen molar-refractivity contribution in [3.05, 3.63) is 59.1 Å². The molecule has 3 aromatic rings. The van der Waals surface area contributed by atoms with E-state index in [2.05, 4.69) is 36.5 Å². The lowest BCUT2D eigenvalue weighted by Crippen LogP contribution is -2.11. The quantitative estimate of drug-likeness (QED) is 0.740. The van der Waals surface area contributed by atoms with Gasteiger partial charge >= 0.3 is 0 Å². The van der Waals surface area contributed by atoms with Crippen LogP contribution in [0.4, 0.5) is 0 Å². The molecule has 3 heteroatoms. The summed E-state index contributed by atoms with van der Waals surface area (Å²) in [5.41, 5.74) is 3.22. The van der Waals surface area contributed by atoms with E-state index in [1.165, 1.54) is 5.56 Å². The van der Waals surface area contributed by atoms with Crippen LogP contribution in [0.3, 0.4) is 0 Å². The zero-order valence-corrected chi connectivity index (χ0v) is 12.1. The molecule has 0 amide bonds. The van der Waals surface area contributed by atoms with Crippen molar-refractivity contribution >= 4 is 22.6 Å². The number of hydrogen-bond donors (Lipinski definition) is 1. The highest BCUT2D eigenvalue weighted by Gasteiger charge is 2.06. The second kappa shape index (κ2) is 5.70. The van der Waals surface area contributed by atoms with Gasteiger partial charge in [-0.3, -0.25) is 0 Å². The zero-order valence-electron chi connectivity index (χ0n) is 11.3. The summed E-state index contributed by atoms with van der Waals surface area (Å²) in [5, 5.41) is 5.07. The Kier molecular flexibility index (Phi) is 3.77. The lowest BCUT2D eigenvalue weighted by molar-refractivity contribution is 0.631. The molecule has 0 saturated heterocycles. The molecule has 0 fully saturated rings. The molecular weight excluding hydrogens is 270 g/mol. The van der Waals surface area contributed by atoms with Crippen LogP contribution in [0, 0.1) is 0 Å². The van der Waals surface area contributed by atoms with Gasteiger partial charge < -0.3 is 9.73 Å². The average molecular weight is 286 g/mol. The maximum atomic E-state index is 5.99. The van der Waals surface area contributed by atoms with E-state index < -0.39 is 0 Å². The third kappa shape index (κ3) is 2.72. The van der Waals surface area contributed by atoms with Gasteiger partial charge in [0.2, 0.25) is 0 Å². The van der Waals surface area contributed by atoms with Crippen LogP contribution in [0.15, 0.2) is 52.9 Å². The predicted molar refractivity (Wildman–Crippen MR) is 84.0 cm³/mol. The largest absolute Gasteiger partial charge is 0.456 e. The number of rotatable bonds is 4. The molecule has 0 spiro atoms. The number of furan rings is 1. The van der Waals surface area contributed by atoms with Gasteiger partial charge in [0.1, 0.15) is 11.3 Å². The van der Waals surface area contributed by atoms with E-state index in [1.54, 1.807) is 0 Å². The van der Waals surface area contributed by atoms with Gasteiger partial charge in [-0.25, -0.2) is 0 Å². The number of benzene rings is 2. The molecule has 0 unspecified atom stereocenters. The summed E-state index contributed by atoms with van der Waals surface area (Å²) in [4.78, 5) is 0. The van der Waals surface area contributed by atoms with E-state index >= 15 is 0 Å². The fourth-order valence-electron chi connectivity index (χ4n) is 2.21. The second-order valence-electron chi connectivity index (χ2n) is 4.77. The summed E-state index contributed by atoms with van der Waals surface area (Å²) < 4.78 is 5.86. The first-order valence-electron chi connectivity index (χ1n) is 6.75. The molecule has 0 aliphatic rings. The molecule has 0 radical (unpaired) electrons. The lowest BCUT2D eigenvalue weighted by Gasteiger charge is -2.02. The van der Waals surface area contributed by atoms with Gasteiger partial charge in [-0.15, -0.1) is 0 Å². The summed E-state index contributed by atoms with van der Waals surface area (Å²) in [7, 11) is 0. The Hall–Kier alpha value is -1.77. The lowest BCUT2D eigenvalue weighted by atomic mass is 10.1. The fourth-order valence-corrected chi connectivity index (χ4v) is 2.39. The SMILES string of the molecule is CCNCc1ccc(-c2cc3cc(Cl)ccc3o2)cc1. The maximum Gasteiger partial charge on any atom is 0.135 e. The van der Waals surface area contributed by atoms with Crippen molar-refractivity contribution in [2.75, 3.05) is 6.54 Å². The third-order valence-electron chi connectivity index (χ3n) is 3.30. The van der Waals surface area contributed by atoms with Crippen molar-refractivity contribution in [2.45, 2.75) is 13.5 Å². The van der Waals surface area contributed by atoms with Crippen LogP contribution >= 0.6 is 11.6 Å². The first kappa shape index (κ1) is 13.2. The molecule has 0 saturated carbocycles. The minimum absolute atomic E-state index is 0.728. The topological polar surface area (TPSA) is 25.2 Å². The van der Waals surface area contributed by atoms with Crippen molar-refractivity contribution < 1.29 is 4.42 Å². The molecule has 0 aliphatic carbocycles. The molecule has 3 rings (SSSR count). The normalized spacial score (nSPS) is 11.1. The first-order chi connectivity index (χ1) is 9.76. The summed E-state index contributed by atoms with van der Waals surface area (Å²) >= 11 is 5.99. The van der Waals surface area contributed by atoms with Crippen LogP contribution in [0.2, 0.25) is 5.02 Å². The molecule has 2 nitrogen and oxygen atoms in total. The van der Waals surface area contributed by atoms with Gasteiger partial charge in [-0.05, 0) is 36.4 Å². The molecule has 1 N–H and O–H groups in total. The Morgan fingerprint density at radius 1 is 1.05 bits per heavy atom. The smallest absolute Gasteiger partial charge is 0.135 e. The molecule has 2 aromatic carbocycles. The summed E-state index contributed by atoms with van der Waals surface area (Å²) in [6.45, 7) is 3.98. The first-order valence-corrected chi connectivity index (χ1v) is 7.13. The highest BCUT2D eigenvalue weighted by Crippen LogP contribution is 2.29. The van der Waals surface area contributed by atoms with Crippen molar-refractivity contribution in [3.8, 4) is 11.3 Å². The number of nitrogens with one attached hydrogen (secondary N) is 1. The van der Waals surface area contributed by atoms with Crippen LogP contribution in [-0.2, 0) is 6.54 Å². The number of fused-ring (bicyclic) bond motifs is 1. The monoisotopic (exact) mass is 285 g/mol. The molecule has 0 bridgehead atoms. The molecular formula is C17H16ClNO. The molecule has 102 valence electrons. The van der Waals surface area contributed by atoms with Gasteiger partial charge in [0.25, 0.3) is 0 Å². The Balaban J connectivity index is 1.90. The van der Waals surface area contributed by atoms with Crippen molar-refractivity contribution in [1.82, 2.24) is 5.32 Å². The molecule has 0 aliphatic heterocycles. The van der Waals surface area contributed by atoms with Gasteiger partial charge in [0.15, 0.2) is 0 Å². The molecule has 20 heavy (non-hydrogen) atoms. The molecule has 1 heterocycles. The van der Waals surface area contributed by atoms with Crippen molar-refractivity contribution in [2.24, 2.45) is 0 Å². The van der Waals surface area contributed by atoms with Gasteiger partial charge in [-0.2, -0.15) is 0 Å². The highest BCUT2D eigenvalue weighted by atomic mass is 35.5. The summed E-state index contributed by atoms with van der Waals surface area (Å²) in [5.74, 6) is 0.872. The number of hydrogen-bond acceptors (Lipinski definition) is 2. The van der Waals surface area contributed by atoms with E-state index in [-0.39, 0.29) is 0 Å². The van der Waals surface area contributed by atoms with Crippen molar-refractivity contribution in [3.63, 3.8) is 0 Å². The highest BCUT2D eigenvalue weighted by molar-refractivity contribution is 6.31. The van der Waals surface area contributed by atoms with Gasteiger partial charge in [-0.1, -0.05) is 42.8 Å². The Morgan fingerprint density at radius 2 is 1.85 bits per heavy atom. The fraction of sp³-hybridized carbons (Fsp3) is 0.176. The second-order valence-corrected chi connectivity index (χ2v) is 5.21. The summed E-state index contributed by atoms with van der Waals surface area (Å²) in [6.07, 6.45) is 0. The van der Waals surface area contributed by atoms with Crippen LogP contribution in [0.1, 0.15) is 12.5 Å². The molecule has 1 aromatic heterocycles. The summed E-state index contributed by atoms with van der Waals surface area (Å²) in [6, 6.07) is 16.1. The van der Waals surface area contributed by atoms with Crippen LogP contribution in [0.25, 0.3) is 22.3 Å². The standard InChI is InChI=1S/C17H16ClNO/c1-2-19-11-12-3-5-13(6-4-12)17-10-14-9-15(18)7-8-16(14)20-17/h3-10,19H,2,11H2,1H3. The van der Waals surface area contributed by atoms with E-state index in [4.69, 9.17) is 16.0 Å². The maximum absolute atomic E-state index is 5.99. The van der Waals surface area contributed by atoms with E-state index in [9.17, 15) is 0 Å². The van der Waals surface area contributed by atoms with E-state index in [0.29, 0.717) is 0 Å². The Bertz CT molecular complexity index is 715. The Morgan fingerprint density at radius 3 is 2.60 bits per heavy atom. The van der Waals surface area contributed by atoms with E-state index in [0.717, 1.165) is 40.4 Å².